The Morgan fingerprint density at radius 2 is 2.50 bits per heavy atom. The van der Waals surface area contributed by atoms with Crippen molar-refractivity contribution in [1.29, 1.82) is 0 Å². The van der Waals surface area contributed by atoms with Crippen LogP contribution >= 0.6 is 0 Å². The first-order valence-electron chi connectivity index (χ1n) is 5.87. The fraction of sp³-hybridized carbons (Fsp3) is 0.636. The van der Waals surface area contributed by atoms with E-state index in [1.807, 2.05) is 6.92 Å². The molecule has 1 aliphatic rings. The van der Waals surface area contributed by atoms with Gasteiger partial charge in [-0.1, -0.05) is 6.42 Å². The summed E-state index contributed by atoms with van der Waals surface area (Å²) in [4.78, 5) is 11.8. The average molecular weight is 222 g/mol. The van der Waals surface area contributed by atoms with Crippen molar-refractivity contribution in [2.75, 3.05) is 13.1 Å². The molecule has 1 aromatic rings. The summed E-state index contributed by atoms with van der Waals surface area (Å²) in [7, 11) is 0. The van der Waals surface area contributed by atoms with E-state index in [0.717, 1.165) is 18.7 Å². The fourth-order valence-corrected chi connectivity index (χ4v) is 2.10. The lowest BCUT2D eigenvalue weighted by Crippen LogP contribution is -2.30. The summed E-state index contributed by atoms with van der Waals surface area (Å²) in [5.74, 6) is -0.0429. The van der Waals surface area contributed by atoms with Gasteiger partial charge < -0.3 is 10.6 Å². The van der Waals surface area contributed by atoms with Crippen LogP contribution in [0.15, 0.2) is 6.20 Å². The third-order valence-corrected chi connectivity index (χ3v) is 2.91. The van der Waals surface area contributed by atoms with Gasteiger partial charge in [0.15, 0.2) is 0 Å². The molecule has 1 aromatic heterocycles. The highest BCUT2D eigenvalue weighted by molar-refractivity contribution is 5.95. The molecule has 1 amide bonds. The number of rotatable bonds is 3. The standard InChI is InChI=1S/C11H18N4O/c1-2-12-11(16)8-7-14-15-10(8)9-5-3-4-6-13-9/h7,9,13H,2-6H2,1H3,(H,12,16)(H,14,15). The molecular formula is C11H18N4O. The molecule has 1 aliphatic heterocycles. The Balaban J connectivity index is 2.14. The molecule has 3 N–H and O–H groups in total. The Bertz CT molecular complexity index is 355. The van der Waals surface area contributed by atoms with Gasteiger partial charge in [0.1, 0.15) is 0 Å². The first-order valence-corrected chi connectivity index (χ1v) is 5.87. The molecule has 1 saturated heterocycles. The van der Waals surface area contributed by atoms with Crippen LogP contribution in [-0.4, -0.2) is 29.2 Å². The van der Waals surface area contributed by atoms with Crippen molar-refractivity contribution in [3.63, 3.8) is 0 Å². The number of nitrogens with one attached hydrogen (secondary N) is 3. The number of aromatic amines is 1. The lowest BCUT2D eigenvalue weighted by Gasteiger charge is -2.23. The van der Waals surface area contributed by atoms with E-state index in [4.69, 9.17) is 0 Å². The molecule has 16 heavy (non-hydrogen) atoms. The normalized spacial score (nSPS) is 20.7. The Labute approximate surface area is 95.0 Å². The van der Waals surface area contributed by atoms with Crippen LogP contribution in [0.4, 0.5) is 0 Å². The van der Waals surface area contributed by atoms with E-state index in [2.05, 4.69) is 20.8 Å². The van der Waals surface area contributed by atoms with Gasteiger partial charge in [0.2, 0.25) is 0 Å². The molecule has 2 rings (SSSR count). The zero-order valence-corrected chi connectivity index (χ0v) is 9.55. The minimum Gasteiger partial charge on any atom is -0.352 e. The van der Waals surface area contributed by atoms with Crippen LogP contribution in [0.25, 0.3) is 0 Å². The molecule has 1 unspecified atom stereocenters. The maximum absolute atomic E-state index is 11.8. The topological polar surface area (TPSA) is 69.8 Å². The van der Waals surface area contributed by atoms with Crippen molar-refractivity contribution >= 4 is 5.91 Å². The van der Waals surface area contributed by atoms with E-state index in [1.165, 1.54) is 12.8 Å². The lowest BCUT2D eigenvalue weighted by atomic mass is 9.99. The molecular weight excluding hydrogens is 204 g/mol. The molecule has 88 valence electrons. The summed E-state index contributed by atoms with van der Waals surface area (Å²) in [5.41, 5.74) is 1.59. The minimum atomic E-state index is -0.0429. The number of amides is 1. The van der Waals surface area contributed by atoms with E-state index in [9.17, 15) is 4.79 Å². The van der Waals surface area contributed by atoms with Gasteiger partial charge in [-0.25, -0.2) is 0 Å². The molecule has 0 saturated carbocycles. The Morgan fingerprint density at radius 1 is 1.62 bits per heavy atom. The Hall–Kier alpha value is -1.36. The number of hydrogen-bond donors (Lipinski definition) is 3. The molecule has 5 nitrogen and oxygen atoms in total. The van der Waals surface area contributed by atoms with E-state index >= 15 is 0 Å². The zero-order valence-electron chi connectivity index (χ0n) is 9.55. The highest BCUT2D eigenvalue weighted by Crippen LogP contribution is 2.23. The van der Waals surface area contributed by atoms with Crippen LogP contribution in [0, 0.1) is 0 Å². The van der Waals surface area contributed by atoms with Gasteiger partial charge in [0.25, 0.3) is 5.91 Å². The van der Waals surface area contributed by atoms with Crippen LogP contribution in [0.1, 0.15) is 48.3 Å². The first kappa shape index (κ1) is 11.1. The molecule has 1 fully saturated rings. The largest absolute Gasteiger partial charge is 0.352 e. The third kappa shape index (κ3) is 2.24. The number of hydrogen-bond acceptors (Lipinski definition) is 3. The summed E-state index contributed by atoms with van der Waals surface area (Å²) in [6, 6.07) is 0.244. The van der Waals surface area contributed by atoms with Crippen LogP contribution in [0.2, 0.25) is 0 Å². The number of piperidine rings is 1. The van der Waals surface area contributed by atoms with Crippen LogP contribution < -0.4 is 10.6 Å². The zero-order chi connectivity index (χ0) is 11.4. The number of nitrogens with zero attached hydrogens (tertiary/aromatic N) is 1. The second-order valence-corrected chi connectivity index (χ2v) is 4.06. The van der Waals surface area contributed by atoms with Crippen molar-refractivity contribution in [1.82, 2.24) is 20.8 Å². The van der Waals surface area contributed by atoms with E-state index in [-0.39, 0.29) is 11.9 Å². The van der Waals surface area contributed by atoms with Crippen LogP contribution in [0.5, 0.6) is 0 Å². The number of carbonyl (C=O) groups excluding carboxylic acids is 1. The van der Waals surface area contributed by atoms with Gasteiger partial charge in [-0.2, -0.15) is 5.10 Å². The molecule has 2 heterocycles. The predicted octanol–water partition coefficient (Wildman–Crippen LogP) is 0.974. The van der Waals surface area contributed by atoms with Gasteiger partial charge in [-0.15, -0.1) is 0 Å². The number of H-pyrrole nitrogens is 1. The van der Waals surface area contributed by atoms with Crippen molar-refractivity contribution in [3.8, 4) is 0 Å². The van der Waals surface area contributed by atoms with Gasteiger partial charge in [-0.05, 0) is 26.3 Å². The maximum atomic E-state index is 11.8. The summed E-state index contributed by atoms with van der Waals surface area (Å²) in [5, 5.41) is 13.1. The highest BCUT2D eigenvalue weighted by atomic mass is 16.1. The Kier molecular flexibility index (Phi) is 3.56. The molecule has 0 radical (unpaired) electrons. The molecule has 0 aromatic carbocycles. The van der Waals surface area contributed by atoms with Crippen molar-refractivity contribution in [2.24, 2.45) is 0 Å². The van der Waals surface area contributed by atoms with Crippen molar-refractivity contribution in [3.05, 3.63) is 17.5 Å². The van der Waals surface area contributed by atoms with Crippen LogP contribution in [-0.2, 0) is 0 Å². The second kappa shape index (κ2) is 5.12. The lowest BCUT2D eigenvalue weighted by molar-refractivity contribution is 0.0954. The summed E-state index contributed by atoms with van der Waals surface area (Å²) >= 11 is 0. The van der Waals surface area contributed by atoms with E-state index in [0.29, 0.717) is 12.1 Å². The van der Waals surface area contributed by atoms with E-state index < -0.39 is 0 Å². The third-order valence-electron chi connectivity index (χ3n) is 2.91. The van der Waals surface area contributed by atoms with Crippen molar-refractivity contribution in [2.45, 2.75) is 32.2 Å². The fourth-order valence-electron chi connectivity index (χ4n) is 2.10. The second-order valence-electron chi connectivity index (χ2n) is 4.06. The molecule has 1 atom stereocenters. The smallest absolute Gasteiger partial charge is 0.254 e. The van der Waals surface area contributed by atoms with Gasteiger partial charge in [0.05, 0.1) is 17.5 Å². The van der Waals surface area contributed by atoms with Gasteiger partial charge in [0, 0.05) is 12.6 Å². The summed E-state index contributed by atoms with van der Waals surface area (Å²) in [6.07, 6.45) is 5.08. The molecule has 5 heteroatoms. The quantitative estimate of drug-likeness (QED) is 0.714. The average Bonchev–Trinajstić information content (AvgIpc) is 2.79. The summed E-state index contributed by atoms with van der Waals surface area (Å²) < 4.78 is 0. The van der Waals surface area contributed by atoms with Gasteiger partial charge in [-0.3, -0.25) is 9.89 Å². The maximum Gasteiger partial charge on any atom is 0.254 e. The van der Waals surface area contributed by atoms with Gasteiger partial charge >= 0.3 is 0 Å². The first-order chi connectivity index (χ1) is 7.83. The van der Waals surface area contributed by atoms with E-state index in [1.54, 1.807) is 6.20 Å². The molecule has 0 aliphatic carbocycles. The summed E-state index contributed by atoms with van der Waals surface area (Å²) in [6.45, 7) is 3.57. The molecule has 0 bridgehead atoms. The highest BCUT2D eigenvalue weighted by Gasteiger charge is 2.22. The number of aromatic nitrogens is 2. The number of carbonyl (C=O) groups is 1. The monoisotopic (exact) mass is 222 g/mol. The van der Waals surface area contributed by atoms with Crippen LogP contribution in [0.3, 0.4) is 0 Å². The minimum absolute atomic E-state index is 0.0429. The SMILES string of the molecule is CCNC(=O)c1cn[nH]c1C1CCCCN1. The van der Waals surface area contributed by atoms with Crippen molar-refractivity contribution < 1.29 is 4.79 Å². The molecule has 0 spiro atoms. The predicted molar refractivity (Wildman–Crippen MR) is 61.2 cm³/mol. The Morgan fingerprint density at radius 3 is 3.19 bits per heavy atom.